The van der Waals surface area contributed by atoms with Crippen LogP contribution in [0.4, 0.5) is 0 Å². The molecule has 0 heteroatoms. The fraction of sp³-hybridized carbons (Fsp3) is 0. The average Bonchev–Trinajstić information content (AvgIpc) is 2.35. The topological polar surface area (TPSA) is 0 Å². The fourth-order valence-corrected chi connectivity index (χ4v) is 1.80. The minimum absolute atomic E-state index is 1.31. The van der Waals surface area contributed by atoms with Gasteiger partial charge in [0, 0.05) is 0 Å². The van der Waals surface area contributed by atoms with E-state index in [1.54, 1.807) is 0 Å². The van der Waals surface area contributed by atoms with E-state index in [2.05, 4.69) is 72.8 Å². The summed E-state index contributed by atoms with van der Waals surface area (Å²) in [6.07, 6.45) is 0. The molecule has 0 fully saturated rings. The summed E-state index contributed by atoms with van der Waals surface area (Å²) in [5.41, 5.74) is 2.85. The fourth-order valence-electron chi connectivity index (χ4n) is 1.80. The highest BCUT2D eigenvalue weighted by Gasteiger charge is 2.03. The van der Waals surface area contributed by atoms with Gasteiger partial charge in [-0.15, -0.1) is 0 Å². The Morgan fingerprint density at radius 2 is 0.688 bits per heavy atom. The van der Waals surface area contributed by atoms with Gasteiger partial charge in [0.25, 0.3) is 0 Å². The maximum atomic E-state index is 2.12. The maximum Gasteiger partial charge on any atom is -0.0184 e. The largest absolute Gasteiger partial charge is 0.0616 e. The lowest BCUT2D eigenvalue weighted by molar-refractivity contribution is 1.55. The lowest BCUT2D eigenvalue weighted by atomic mass is 9.95. The van der Waals surface area contributed by atoms with Crippen molar-refractivity contribution in [1.29, 1.82) is 0 Å². The maximum absolute atomic E-state index is 2.12. The summed E-state index contributed by atoms with van der Waals surface area (Å²) >= 11 is 0. The molecular weight excluding hydrogens is 192 g/mol. The zero-order valence-electron chi connectivity index (χ0n) is 8.93. The molecule has 0 aromatic heterocycles. The third-order valence-electron chi connectivity index (χ3n) is 2.88. The van der Waals surface area contributed by atoms with Crippen LogP contribution in [0.25, 0.3) is 21.9 Å². The van der Waals surface area contributed by atoms with Crippen LogP contribution in [0.1, 0.15) is 0 Å². The quantitative estimate of drug-likeness (QED) is 0.395. The second kappa shape index (κ2) is 3.82. The van der Waals surface area contributed by atoms with Crippen LogP contribution >= 0.6 is 0 Å². The predicted molar refractivity (Wildman–Crippen MR) is 69.4 cm³/mol. The van der Waals surface area contributed by atoms with E-state index in [9.17, 15) is 0 Å². The van der Waals surface area contributed by atoms with Crippen LogP contribution in [0, 0.1) is 0 Å². The van der Waals surface area contributed by atoms with Gasteiger partial charge in [0.15, 0.2) is 0 Å². The molecule has 0 saturated carbocycles. The number of hydrogen-bond donors (Lipinski definition) is 0. The zero-order valence-corrected chi connectivity index (χ0v) is 8.93. The molecule has 2 aromatic carbocycles. The molecule has 0 bridgehead atoms. The molecule has 76 valence electrons. The van der Waals surface area contributed by atoms with Gasteiger partial charge in [0.05, 0.1) is 0 Å². The van der Waals surface area contributed by atoms with E-state index in [0.717, 1.165) is 0 Å². The summed E-state index contributed by atoms with van der Waals surface area (Å²) in [6.45, 7) is 0. The van der Waals surface area contributed by atoms with Crippen molar-refractivity contribution in [2.75, 3.05) is 0 Å². The zero-order chi connectivity index (χ0) is 10.8. The first-order valence-corrected chi connectivity index (χ1v) is 5.48. The van der Waals surface area contributed by atoms with E-state index in [1.807, 2.05) is 0 Å². The molecule has 0 atom stereocenters. The minimum Gasteiger partial charge on any atom is -0.0616 e. The number of hydrogen-bond acceptors (Lipinski definition) is 0. The first-order valence-electron chi connectivity index (χ1n) is 5.48. The Hall–Kier alpha value is -2.08. The molecule has 2 aliphatic rings. The molecule has 0 N–H and O–H groups in total. The van der Waals surface area contributed by atoms with Crippen molar-refractivity contribution in [3.63, 3.8) is 0 Å². The number of fused-ring (bicyclic) bond motifs is 2. The Morgan fingerprint density at radius 3 is 0.875 bits per heavy atom. The van der Waals surface area contributed by atoms with Crippen LogP contribution in [0.15, 0.2) is 72.8 Å². The van der Waals surface area contributed by atoms with Crippen molar-refractivity contribution in [3.8, 4) is 11.1 Å². The summed E-state index contributed by atoms with van der Waals surface area (Å²) in [4.78, 5) is 0. The first-order chi connectivity index (χ1) is 7.93. The molecule has 0 unspecified atom stereocenters. The second-order valence-corrected chi connectivity index (χ2v) is 3.92. The first kappa shape index (κ1) is 9.17. The molecule has 0 spiro atoms. The van der Waals surface area contributed by atoms with Gasteiger partial charge >= 0.3 is 0 Å². The second-order valence-electron chi connectivity index (χ2n) is 3.92. The number of rotatable bonds is 0. The highest BCUT2D eigenvalue weighted by atomic mass is 14.1. The van der Waals surface area contributed by atoms with E-state index < -0.39 is 0 Å². The van der Waals surface area contributed by atoms with E-state index in [0.29, 0.717) is 0 Å². The Bertz CT molecular complexity index is 520. The van der Waals surface area contributed by atoms with Crippen molar-refractivity contribution in [1.82, 2.24) is 0 Å². The van der Waals surface area contributed by atoms with E-state index >= 15 is 0 Å². The normalized spacial score (nSPS) is 10.5. The molecule has 0 aliphatic heterocycles. The van der Waals surface area contributed by atoms with E-state index in [4.69, 9.17) is 0 Å². The Kier molecular flexibility index (Phi) is 2.19. The molecule has 0 saturated heterocycles. The molecule has 16 heavy (non-hydrogen) atoms. The monoisotopic (exact) mass is 204 g/mol. The van der Waals surface area contributed by atoms with Crippen LogP contribution in [0.3, 0.4) is 0 Å². The lowest BCUT2D eigenvalue weighted by Crippen LogP contribution is -1.85. The summed E-state index contributed by atoms with van der Waals surface area (Å²) in [7, 11) is 0. The van der Waals surface area contributed by atoms with Crippen molar-refractivity contribution < 1.29 is 0 Å². The van der Waals surface area contributed by atoms with Gasteiger partial charge in [0.2, 0.25) is 0 Å². The van der Waals surface area contributed by atoms with Gasteiger partial charge in [0.1, 0.15) is 0 Å². The molecule has 2 aliphatic carbocycles. The van der Waals surface area contributed by atoms with Gasteiger partial charge in [-0.1, -0.05) is 72.8 Å². The van der Waals surface area contributed by atoms with Crippen LogP contribution in [0.2, 0.25) is 0 Å². The molecule has 2 aromatic rings. The minimum atomic E-state index is 1.31. The highest BCUT2D eigenvalue weighted by Crippen LogP contribution is 2.29. The summed E-state index contributed by atoms with van der Waals surface area (Å²) in [6, 6.07) is 25.2. The summed E-state index contributed by atoms with van der Waals surface area (Å²) in [5, 5.41) is 2.62. The van der Waals surface area contributed by atoms with Gasteiger partial charge in [-0.05, 0) is 21.9 Å². The standard InChI is InChI=1S/C10H8.C6H4/c1-2-6-10-8-4-3-7-9(10)5-1;1-2-6-4-3-5(1)6/h1-8H;1-4H. The molecule has 0 heterocycles. The Labute approximate surface area is 95.2 Å². The van der Waals surface area contributed by atoms with Crippen LogP contribution in [-0.4, -0.2) is 0 Å². The molecule has 0 nitrogen and oxygen atoms in total. The van der Waals surface area contributed by atoms with Crippen molar-refractivity contribution in [2.24, 2.45) is 0 Å². The Morgan fingerprint density at radius 1 is 0.375 bits per heavy atom. The van der Waals surface area contributed by atoms with Gasteiger partial charge < -0.3 is 0 Å². The molecule has 0 amide bonds. The van der Waals surface area contributed by atoms with E-state index in [1.165, 1.54) is 21.9 Å². The summed E-state index contributed by atoms with van der Waals surface area (Å²) < 4.78 is 0. The van der Waals surface area contributed by atoms with Crippen LogP contribution < -0.4 is 0 Å². The van der Waals surface area contributed by atoms with Gasteiger partial charge in [-0.25, -0.2) is 0 Å². The van der Waals surface area contributed by atoms with Crippen molar-refractivity contribution >= 4 is 10.8 Å². The smallest absolute Gasteiger partial charge is 0.0184 e. The molecule has 4 rings (SSSR count). The third kappa shape index (κ3) is 1.59. The summed E-state index contributed by atoms with van der Waals surface area (Å²) in [5.74, 6) is 0. The Balaban J connectivity index is 0.000000114. The van der Waals surface area contributed by atoms with Crippen molar-refractivity contribution in [2.45, 2.75) is 0 Å². The van der Waals surface area contributed by atoms with Gasteiger partial charge in [-0.2, -0.15) is 0 Å². The van der Waals surface area contributed by atoms with Crippen molar-refractivity contribution in [3.05, 3.63) is 72.8 Å². The van der Waals surface area contributed by atoms with Gasteiger partial charge in [-0.3, -0.25) is 0 Å². The lowest BCUT2D eigenvalue weighted by Gasteiger charge is -2.10. The SMILES string of the molecule is c1cc2ccc1-2.c1ccc2ccccc2c1. The highest BCUT2D eigenvalue weighted by molar-refractivity contribution is 5.82. The van der Waals surface area contributed by atoms with Crippen LogP contribution in [0.5, 0.6) is 0 Å². The third-order valence-corrected chi connectivity index (χ3v) is 2.88. The predicted octanol–water partition coefficient (Wildman–Crippen LogP) is 4.51. The van der Waals surface area contributed by atoms with E-state index in [-0.39, 0.29) is 0 Å². The molecular formula is C16H12. The molecule has 0 radical (unpaired) electrons. The number of benzene rings is 3. The average molecular weight is 204 g/mol. The van der Waals surface area contributed by atoms with Crippen LogP contribution in [-0.2, 0) is 0 Å².